The van der Waals surface area contributed by atoms with Crippen molar-refractivity contribution in [1.82, 2.24) is 15.0 Å². The molecule has 27 heavy (non-hydrogen) atoms. The summed E-state index contributed by atoms with van der Waals surface area (Å²) in [7, 11) is 0. The molecule has 3 heterocycles. The molecule has 2 aliphatic rings. The Labute approximate surface area is 157 Å². The third kappa shape index (κ3) is 4.35. The van der Waals surface area contributed by atoms with Crippen LogP contribution < -0.4 is 0 Å². The number of likely N-dealkylation sites (tertiary alicyclic amines) is 1. The molecule has 1 spiro atoms. The highest BCUT2D eigenvalue weighted by Crippen LogP contribution is 2.39. The molecule has 0 saturated carbocycles. The molecule has 2 fully saturated rings. The Bertz CT molecular complexity index is 787. The Morgan fingerprint density at radius 3 is 2.78 bits per heavy atom. The Morgan fingerprint density at radius 1 is 1.26 bits per heavy atom. The summed E-state index contributed by atoms with van der Waals surface area (Å²) in [5, 5.41) is 3.87. The van der Waals surface area contributed by atoms with Gasteiger partial charge in [-0.25, -0.2) is 8.78 Å². The van der Waals surface area contributed by atoms with Gasteiger partial charge in [0.05, 0.1) is 5.60 Å². The van der Waals surface area contributed by atoms with Crippen LogP contribution in [0.1, 0.15) is 43.0 Å². The number of hydrogen-bond donors (Lipinski definition) is 0. The normalized spacial score (nSPS) is 23.0. The lowest BCUT2D eigenvalue weighted by molar-refractivity contribution is -0.128. The molecule has 0 bridgehead atoms. The van der Waals surface area contributed by atoms with E-state index in [1.807, 2.05) is 6.92 Å². The lowest BCUT2D eigenvalue weighted by atomic mass is 9.78. The third-order valence-electron chi connectivity index (χ3n) is 5.80. The lowest BCUT2D eigenvalue weighted by Crippen LogP contribution is -2.49. The van der Waals surface area contributed by atoms with E-state index in [1.54, 1.807) is 0 Å². The monoisotopic (exact) mass is 377 g/mol. The van der Waals surface area contributed by atoms with Gasteiger partial charge in [-0.3, -0.25) is 4.90 Å². The van der Waals surface area contributed by atoms with Crippen LogP contribution in [-0.4, -0.2) is 40.3 Å². The molecular formula is C20H25F2N3O2. The van der Waals surface area contributed by atoms with Crippen LogP contribution >= 0.6 is 0 Å². The van der Waals surface area contributed by atoms with Crippen LogP contribution in [-0.2, 0) is 17.7 Å². The van der Waals surface area contributed by atoms with Crippen molar-refractivity contribution in [3.63, 3.8) is 0 Å². The van der Waals surface area contributed by atoms with Crippen molar-refractivity contribution < 1.29 is 18.0 Å². The molecule has 0 aliphatic carbocycles. The van der Waals surface area contributed by atoms with Crippen molar-refractivity contribution in [1.29, 1.82) is 0 Å². The fourth-order valence-corrected chi connectivity index (χ4v) is 4.33. The summed E-state index contributed by atoms with van der Waals surface area (Å²) in [6.07, 6.45) is 4.65. The summed E-state index contributed by atoms with van der Waals surface area (Å²) >= 11 is 0. The summed E-state index contributed by atoms with van der Waals surface area (Å²) in [6.45, 7) is 4.79. The number of aryl methyl sites for hydroxylation is 1. The Morgan fingerprint density at radius 2 is 2.07 bits per heavy atom. The topological polar surface area (TPSA) is 51.4 Å². The first-order valence-electron chi connectivity index (χ1n) is 9.61. The predicted octanol–water partition coefficient (Wildman–Crippen LogP) is 3.66. The highest BCUT2D eigenvalue weighted by atomic mass is 19.1. The molecule has 7 heteroatoms. The molecule has 4 rings (SSSR count). The van der Waals surface area contributed by atoms with E-state index in [2.05, 4.69) is 15.0 Å². The van der Waals surface area contributed by atoms with Gasteiger partial charge in [0.25, 0.3) is 0 Å². The maximum Gasteiger partial charge on any atom is 0.226 e. The number of hydrogen-bond acceptors (Lipinski definition) is 5. The number of halogens is 2. The summed E-state index contributed by atoms with van der Waals surface area (Å²) in [5.74, 6) is 0.859. The number of benzene rings is 1. The largest absolute Gasteiger partial charge is 0.375 e. The lowest BCUT2D eigenvalue weighted by Gasteiger charge is -2.46. The van der Waals surface area contributed by atoms with Gasteiger partial charge in [-0.2, -0.15) is 4.98 Å². The number of rotatable bonds is 4. The summed E-state index contributed by atoms with van der Waals surface area (Å²) in [5.41, 5.74) is 0.442. The standard InChI is InChI=1S/C20H25F2N3O2/c1-14-23-19(27-24-14)10-15-4-9-26-20(12-15)5-7-25(8-6-20)13-16-2-3-17(21)11-18(16)22/h2-3,11,15H,4-10,12-13H2,1H3. The SMILES string of the molecule is Cc1noc(CC2CCOC3(CCN(Cc4ccc(F)cc4F)CC3)C2)n1. The van der Waals surface area contributed by atoms with Crippen molar-refractivity contribution in [2.45, 2.75) is 51.2 Å². The van der Waals surface area contributed by atoms with Crippen LogP contribution in [0.2, 0.25) is 0 Å². The van der Waals surface area contributed by atoms with Crippen molar-refractivity contribution in [2.75, 3.05) is 19.7 Å². The van der Waals surface area contributed by atoms with E-state index in [-0.39, 0.29) is 5.60 Å². The fraction of sp³-hybridized carbons (Fsp3) is 0.600. The van der Waals surface area contributed by atoms with Crippen molar-refractivity contribution in [2.24, 2.45) is 5.92 Å². The first-order chi connectivity index (χ1) is 13.0. The highest BCUT2D eigenvalue weighted by molar-refractivity contribution is 5.18. The molecule has 2 aromatic rings. The zero-order valence-corrected chi connectivity index (χ0v) is 15.6. The minimum Gasteiger partial charge on any atom is -0.375 e. The predicted molar refractivity (Wildman–Crippen MR) is 95.0 cm³/mol. The van der Waals surface area contributed by atoms with Crippen LogP contribution in [0.3, 0.4) is 0 Å². The molecule has 1 aromatic carbocycles. The molecule has 2 saturated heterocycles. The first kappa shape index (κ1) is 18.5. The van der Waals surface area contributed by atoms with Gasteiger partial charge in [0.15, 0.2) is 5.82 Å². The van der Waals surface area contributed by atoms with E-state index < -0.39 is 11.6 Å². The maximum absolute atomic E-state index is 13.9. The first-order valence-corrected chi connectivity index (χ1v) is 9.61. The van der Waals surface area contributed by atoms with Gasteiger partial charge in [0.2, 0.25) is 5.89 Å². The molecule has 1 atom stereocenters. The van der Waals surface area contributed by atoms with Crippen LogP contribution in [0.4, 0.5) is 8.78 Å². The highest BCUT2D eigenvalue weighted by Gasteiger charge is 2.40. The fourth-order valence-electron chi connectivity index (χ4n) is 4.33. The van der Waals surface area contributed by atoms with E-state index in [0.29, 0.717) is 29.7 Å². The Kier molecular flexibility index (Phi) is 5.23. The Hall–Kier alpha value is -1.86. The van der Waals surface area contributed by atoms with E-state index in [4.69, 9.17) is 9.26 Å². The van der Waals surface area contributed by atoms with Crippen LogP contribution in [0.25, 0.3) is 0 Å². The van der Waals surface area contributed by atoms with Gasteiger partial charge in [0.1, 0.15) is 11.6 Å². The smallest absolute Gasteiger partial charge is 0.226 e. The molecule has 2 aliphatic heterocycles. The van der Waals surface area contributed by atoms with Crippen molar-refractivity contribution in [3.05, 3.63) is 47.1 Å². The second-order valence-corrected chi connectivity index (χ2v) is 7.84. The zero-order valence-electron chi connectivity index (χ0n) is 15.6. The molecule has 1 aromatic heterocycles. The average molecular weight is 377 g/mol. The van der Waals surface area contributed by atoms with Crippen molar-refractivity contribution in [3.8, 4) is 0 Å². The van der Waals surface area contributed by atoms with Crippen LogP contribution in [0.15, 0.2) is 22.7 Å². The zero-order chi connectivity index (χ0) is 18.9. The number of nitrogens with zero attached hydrogens (tertiary/aromatic N) is 3. The molecule has 146 valence electrons. The van der Waals surface area contributed by atoms with Gasteiger partial charge < -0.3 is 9.26 Å². The van der Waals surface area contributed by atoms with Gasteiger partial charge in [0, 0.05) is 44.3 Å². The van der Waals surface area contributed by atoms with Gasteiger partial charge in [-0.05, 0) is 44.6 Å². The van der Waals surface area contributed by atoms with Crippen LogP contribution in [0.5, 0.6) is 0 Å². The van der Waals surface area contributed by atoms with Crippen LogP contribution in [0, 0.1) is 24.5 Å². The Balaban J connectivity index is 1.33. The molecule has 5 nitrogen and oxygen atoms in total. The second kappa shape index (κ2) is 7.64. The maximum atomic E-state index is 13.9. The minimum absolute atomic E-state index is 0.101. The van der Waals surface area contributed by atoms with E-state index in [0.717, 1.165) is 57.9 Å². The van der Waals surface area contributed by atoms with Gasteiger partial charge >= 0.3 is 0 Å². The molecule has 0 N–H and O–H groups in total. The second-order valence-electron chi connectivity index (χ2n) is 7.84. The van der Waals surface area contributed by atoms with E-state index in [9.17, 15) is 8.78 Å². The van der Waals surface area contributed by atoms with Gasteiger partial charge in [-0.1, -0.05) is 11.2 Å². The number of piperidine rings is 1. The average Bonchev–Trinajstić information content (AvgIpc) is 3.04. The minimum atomic E-state index is -0.535. The quantitative estimate of drug-likeness (QED) is 0.814. The summed E-state index contributed by atoms with van der Waals surface area (Å²) in [4.78, 5) is 6.54. The van der Waals surface area contributed by atoms with E-state index >= 15 is 0 Å². The summed E-state index contributed by atoms with van der Waals surface area (Å²) < 4.78 is 38.5. The van der Waals surface area contributed by atoms with Gasteiger partial charge in [-0.15, -0.1) is 0 Å². The number of aromatic nitrogens is 2. The molecule has 0 amide bonds. The molecule has 1 unspecified atom stereocenters. The molecular weight excluding hydrogens is 352 g/mol. The number of ether oxygens (including phenoxy) is 1. The molecule has 0 radical (unpaired) electrons. The third-order valence-corrected chi connectivity index (χ3v) is 5.80. The summed E-state index contributed by atoms with van der Waals surface area (Å²) in [6, 6.07) is 3.81. The van der Waals surface area contributed by atoms with Crippen molar-refractivity contribution >= 4 is 0 Å². The van der Waals surface area contributed by atoms with E-state index in [1.165, 1.54) is 12.1 Å².